The van der Waals surface area contributed by atoms with E-state index >= 15 is 0 Å². The first-order valence-electron chi connectivity index (χ1n) is 7.00. The lowest BCUT2D eigenvalue weighted by atomic mass is 10.2. The molecular weight excluding hydrogens is 344 g/mol. The second-order valence-electron chi connectivity index (χ2n) is 4.89. The Kier molecular flexibility index (Phi) is 4.71. The van der Waals surface area contributed by atoms with Crippen LogP contribution >= 0.6 is 11.6 Å². The molecule has 0 spiro atoms. The predicted molar refractivity (Wildman–Crippen MR) is 82.9 cm³/mol. The van der Waals surface area contributed by atoms with Gasteiger partial charge in [0.2, 0.25) is 0 Å². The number of nitrogens with one attached hydrogen (secondary N) is 1. The van der Waals surface area contributed by atoms with Crippen LogP contribution in [0.3, 0.4) is 0 Å². The first kappa shape index (κ1) is 16.3. The summed E-state index contributed by atoms with van der Waals surface area (Å²) in [4.78, 5) is 11.9. The zero-order valence-corrected chi connectivity index (χ0v) is 13.0. The summed E-state index contributed by atoms with van der Waals surface area (Å²) in [7, 11) is 0. The number of ether oxygens (including phenoxy) is 3. The summed E-state index contributed by atoms with van der Waals surface area (Å²) in [5.41, 5.74) is 0.314. The molecule has 3 rings (SSSR count). The Morgan fingerprint density at radius 3 is 2.58 bits per heavy atom. The van der Waals surface area contributed by atoms with Crippen LogP contribution in [0.4, 0.5) is 14.5 Å². The van der Waals surface area contributed by atoms with Gasteiger partial charge < -0.3 is 19.5 Å². The van der Waals surface area contributed by atoms with Gasteiger partial charge in [0.05, 0.1) is 10.7 Å². The summed E-state index contributed by atoms with van der Waals surface area (Å²) in [6.45, 7) is 0.356. The smallest absolute Gasteiger partial charge is 0.262 e. The van der Waals surface area contributed by atoms with E-state index in [1.165, 1.54) is 12.1 Å². The quantitative estimate of drug-likeness (QED) is 0.913. The molecule has 0 aliphatic carbocycles. The number of carbonyl (C=O) groups is 1. The van der Waals surface area contributed by atoms with Crippen LogP contribution in [0.2, 0.25) is 5.02 Å². The molecule has 2 aromatic rings. The number of anilines is 1. The van der Waals surface area contributed by atoms with Gasteiger partial charge in [0, 0.05) is 18.2 Å². The molecule has 0 bridgehead atoms. The molecule has 1 heterocycles. The van der Waals surface area contributed by atoms with Crippen LogP contribution in [-0.4, -0.2) is 25.7 Å². The Balaban J connectivity index is 1.64. The molecule has 1 aliphatic rings. The third kappa shape index (κ3) is 3.68. The summed E-state index contributed by atoms with van der Waals surface area (Å²) in [5, 5.41) is 2.80. The van der Waals surface area contributed by atoms with Crippen LogP contribution in [0.25, 0.3) is 0 Å². The number of hydrogen-bond acceptors (Lipinski definition) is 4. The van der Waals surface area contributed by atoms with E-state index in [9.17, 15) is 13.6 Å². The van der Waals surface area contributed by atoms with Crippen LogP contribution in [0, 0.1) is 11.6 Å². The van der Waals surface area contributed by atoms with E-state index in [0.29, 0.717) is 36.5 Å². The van der Waals surface area contributed by atoms with E-state index < -0.39 is 24.1 Å². The van der Waals surface area contributed by atoms with Crippen molar-refractivity contribution < 1.29 is 27.8 Å². The number of amides is 1. The highest BCUT2D eigenvalue weighted by Crippen LogP contribution is 2.37. The lowest BCUT2D eigenvalue weighted by molar-refractivity contribution is -0.118. The third-order valence-electron chi connectivity index (χ3n) is 3.16. The molecular formula is C16H12ClF2NO4. The fraction of sp³-hybridized carbons (Fsp3) is 0.188. The fourth-order valence-corrected chi connectivity index (χ4v) is 2.28. The summed E-state index contributed by atoms with van der Waals surface area (Å²) in [5.74, 6) is -1.44. The number of rotatable bonds is 4. The molecule has 1 aliphatic heterocycles. The van der Waals surface area contributed by atoms with Crippen molar-refractivity contribution in [2.45, 2.75) is 0 Å². The van der Waals surface area contributed by atoms with Gasteiger partial charge in [-0.25, -0.2) is 8.78 Å². The average molecular weight is 356 g/mol. The van der Waals surface area contributed by atoms with E-state index in [-0.39, 0.29) is 10.8 Å². The Morgan fingerprint density at radius 2 is 1.88 bits per heavy atom. The highest BCUT2D eigenvalue weighted by Gasteiger charge is 2.17. The van der Waals surface area contributed by atoms with Gasteiger partial charge >= 0.3 is 0 Å². The van der Waals surface area contributed by atoms with Crippen molar-refractivity contribution >= 4 is 23.2 Å². The highest BCUT2D eigenvalue weighted by molar-refractivity contribution is 6.34. The molecule has 0 fully saturated rings. The SMILES string of the molecule is O=C(COc1ccc(F)cc1F)Nc1cc2c(cc1Cl)OCCO2. The normalized spacial score (nSPS) is 12.6. The maximum Gasteiger partial charge on any atom is 0.262 e. The van der Waals surface area contributed by atoms with E-state index in [1.54, 1.807) is 0 Å². The Bertz CT molecular complexity index is 785. The number of benzene rings is 2. The molecule has 0 saturated carbocycles. The Labute approximate surface area is 141 Å². The summed E-state index contributed by atoms with van der Waals surface area (Å²) in [6.07, 6.45) is 0. The molecule has 5 nitrogen and oxygen atoms in total. The standard InChI is InChI=1S/C16H12ClF2NO4/c17-10-6-14-15(23-4-3-22-14)7-12(10)20-16(21)8-24-13-2-1-9(18)5-11(13)19/h1-2,5-7H,3-4,8H2,(H,20,21). The van der Waals surface area contributed by atoms with Crippen LogP contribution in [0.15, 0.2) is 30.3 Å². The molecule has 0 atom stereocenters. The largest absolute Gasteiger partial charge is 0.486 e. The van der Waals surface area contributed by atoms with Crippen molar-refractivity contribution in [1.29, 1.82) is 0 Å². The zero-order chi connectivity index (χ0) is 17.1. The van der Waals surface area contributed by atoms with E-state index in [1.807, 2.05) is 0 Å². The molecule has 126 valence electrons. The number of halogens is 3. The van der Waals surface area contributed by atoms with Gasteiger partial charge in [0.15, 0.2) is 29.7 Å². The van der Waals surface area contributed by atoms with Gasteiger partial charge in [-0.15, -0.1) is 0 Å². The number of carbonyl (C=O) groups excluding carboxylic acids is 1. The van der Waals surface area contributed by atoms with Gasteiger partial charge in [0.1, 0.15) is 19.0 Å². The van der Waals surface area contributed by atoms with Gasteiger partial charge in [0.25, 0.3) is 5.91 Å². The van der Waals surface area contributed by atoms with Gasteiger partial charge in [-0.2, -0.15) is 0 Å². The lowest BCUT2D eigenvalue weighted by Gasteiger charge is -2.20. The highest BCUT2D eigenvalue weighted by atomic mass is 35.5. The van der Waals surface area contributed by atoms with Crippen LogP contribution in [-0.2, 0) is 4.79 Å². The topological polar surface area (TPSA) is 56.8 Å². The van der Waals surface area contributed by atoms with E-state index in [2.05, 4.69) is 5.32 Å². The molecule has 8 heteroatoms. The molecule has 1 amide bonds. The summed E-state index contributed by atoms with van der Waals surface area (Å²) >= 11 is 6.07. The van der Waals surface area contributed by atoms with E-state index in [0.717, 1.165) is 12.1 Å². The summed E-state index contributed by atoms with van der Waals surface area (Å²) < 4.78 is 42.0. The Morgan fingerprint density at radius 1 is 1.17 bits per heavy atom. The summed E-state index contributed by atoms with van der Waals surface area (Å²) in [6, 6.07) is 5.88. The van der Waals surface area contributed by atoms with Crippen LogP contribution < -0.4 is 19.5 Å². The van der Waals surface area contributed by atoms with Crippen molar-refractivity contribution in [3.05, 3.63) is 47.0 Å². The van der Waals surface area contributed by atoms with Crippen molar-refractivity contribution in [2.75, 3.05) is 25.1 Å². The molecule has 0 saturated heterocycles. The van der Waals surface area contributed by atoms with Crippen molar-refractivity contribution in [1.82, 2.24) is 0 Å². The minimum absolute atomic E-state index is 0.222. The number of hydrogen-bond donors (Lipinski definition) is 1. The predicted octanol–water partition coefficient (Wildman–Crippen LogP) is 3.41. The van der Waals surface area contributed by atoms with E-state index in [4.69, 9.17) is 25.8 Å². The molecule has 1 N–H and O–H groups in total. The van der Waals surface area contributed by atoms with Crippen molar-refractivity contribution in [3.63, 3.8) is 0 Å². The molecule has 0 radical (unpaired) electrons. The zero-order valence-electron chi connectivity index (χ0n) is 12.3. The van der Waals surface area contributed by atoms with Crippen molar-refractivity contribution in [3.8, 4) is 17.2 Å². The monoisotopic (exact) mass is 355 g/mol. The van der Waals surface area contributed by atoms with Gasteiger partial charge in [-0.3, -0.25) is 4.79 Å². The second kappa shape index (κ2) is 6.92. The number of fused-ring (bicyclic) bond motifs is 1. The average Bonchev–Trinajstić information content (AvgIpc) is 2.55. The lowest BCUT2D eigenvalue weighted by Crippen LogP contribution is -2.21. The minimum atomic E-state index is -0.889. The fourth-order valence-electron chi connectivity index (χ4n) is 2.08. The van der Waals surface area contributed by atoms with Gasteiger partial charge in [-0.1, -0.05) is 11.6 Å². The van der Waals surface area contributed by atoms with Gasteiger partial charge in [-0.05, 0) is 12.1 Å². The maximum absolute atomic E-state index is 13.4. The molecule has 2 aromatic carbocycles. The Hall–Kier alpha value is -2.54. The first-order chi connectivity index (χ1) is 11.5. The second-order valence-corrected chi connectivity index (χ2v) is 5.29. The third-order valence-corrected chi connectivity index (χ3v) is 3.47. The maximum atomic E-state index is 13.4. The minimum Gasteiger partial charge on any atom is -0.486 e. The van der Waals surface area contributed by atoms with Crippen LogP contribution in [0.1, 0.15) is 0 Å². The molecule has 0 unspecified atom stereocenters. The first-order valence-corrected chi connectivity index (χ1v) is 7.37. The molecule has 0 aromatic heterocycles. The molecule has 24 heavy (non-hydrogen) atoms. The van der Waals surface area contributed by atoms with Crippen LogP contribution in [0.5, 0.6) is 17.2 Å². The van der Waals surface area contributed by atoms with Crippen molar-refractivity contribution in [2.24, 2.45) is 0 Å².